The van der Waals surface area contributed by atoms with Gasteiger partial charge in [-0.05, 0) is 49.5 Å². The van der Waals surface area contributed by atoms with Gasteiger partial charge < -0.3 is 9.88 Å². The summed E-state index contributed by atoms with van der Waals surface area (Å²) in [7, 11) is 0. The van der Waals surface area contributed by atoms with Crippen LogP contribution in [0.25, 0.3) is 11.3 Å². The second-order valence-electron chi connectivity index (χ2n) is 6.06. The average Bonchev–Trinajstić information content (AvgIpc) is 3.19. The van der Waals surface area contributed by atoms with Crippen LogP contribution in [0.1, 0.15) is 29.2 Å². The van der Waals surface area contributed by atoms with Crippen molar-refractivity contribution in [3.05, 3.63) is 52.9 Å². The number of imidazole rings is 1. The van der Waals surface area contributed by atoms with Gasteiger partial charge in [0.05, 0.1) is 17.9 Å². The molecule has 5 heteroatoms. The molecule has 4 rings (SSSR count). The van der Waals surface area contributed by atoms with Gasteiger partial charge in [0.25, 0.3) is 0 Å². The number of hydrogen-bond acceptors (Lipinski definition) is 4. The van der Waals surface area contributed by atoms with Gasteiger partial charge in [0, 0.05) is 35.3 Å². The Labute approximate surface area is 140 Å². The maximum atomic E-state index is 4.78. The summed E-state index contributed by atoms with van der Waals surface area (Å²) in [5.74, 6) is 1.23. The Kier molecular flexibility index (Phi) is 3.87. The smallest absolute Gasteiger partial charge is 0.109 e. The standard InChI is InChI=1S/C18H20N4S/c1-13-10-16(23-21-13)11-19-15-7-5-14(6-8-15)17-12-22-9-3-2-4-18(22)20-17/h5-8,10,12,19H,2-4,9,11H2,1H3. The maximum Gasteiger partial charge on any atom is 0.109 e. The highest BCUT2D eigenvalue weighted by Gasteiger charge is 2.13. The summed E-state index contributed by atoms with van der Waals surface area (Å²) in [5, 5.41) is 3.45. The number of hydrogen-bond donors (Lipinski definition) is 1. The van der Waals surface area contributed by atoms with Crippen LogP contribution in [0.3, 0.4) is 0 Å². The van der Waals surface area contributed by atoms with Gasteiger partial charge in [-0.15, -0.1) is 0 Å². The van der Waals surface area contributed by atoms with Gasteiger partial charge in [0.15, 0.2) is 0 Å². The first-order chi connectivity index (χ1) is 11.3. The maximum absolute atomic E-state index is 4.78. The SMILES string of the molecule is Cc1cc(CNc2ccc(-c3cn4c(n3)CCCC4)cc2)sn1. The van der Waals surface area contributed by atoms with Gasteiger partial charge in [-0.25, -0.2) is 4.98 Å². The lowest BCUT2D eigenvalue weighted by molar-refractivity contribution is 0.522. The zero-order valence-electron chi connectivity index (χ0n) is 13.2. The van der Waals surface area contributed by atoms with Crippen LogP contribution in [0.15, 0.2) is 36.5 Å². The summed E-state index contributed by atoms with van der Waals surface area (Å²) in [6.45, 7) is 3.96. The van der Waals surface area contributed by atoms with Crippen molar-refractivity contribution in [1.82, 2.24) is 13.9 Å². The van der Waals surface area contributed by atoms with Crippen molar-refractivity contribution in [1.29, 1.82) is 0 Å². The van der Waals surface area contributed by atoms with E-state index in [9.17, 15) is 0 Å². The zero-order valence-corrected chi connectivity index (χ0v) is 14.1. The minimum atomic E-state index is 0.823. The molecule has 1 aliphatic heterocycles. The highest BCUT2D eigenvalue weighted by atomic mass is 32.1. The second-order valence-corrected chi connectivity index (χ2v) is 6.95. The Morgan fingerprint density at radius 2 is 2.09 bits per heavy atom. The zero-order chi connectivity index (χ0) is 15.6. The average molecular weight is 324 g/mol. The molecule has 0 amide bonds. The highest BCUT2D eigenvalue weighted by molar-refractivity contribution is 7.05. The third-order valence-corrected chi connectivity index (χ3v) is 5.11. The minimum Gasteiger partial charge on any atom is -0.380 e. The lowest BCUT2D eigenvalue weighted by atomic mass is 10.1. The molecule has 0 unspecified atom stereocenters. The second kappa shape index (κ2) is 6.16. The van der Waals surface area contributed by atoms with E-state index in [4.69, 9.17) is 4.98 Å². The van der Waals surface area contributed by atoms with Crippen LogP contribution < -0.4 is 5.32 Å². The van der Waals surface area contributed by atoms with E-state index in [0.29, 0.717) is 0 Å². The number of nitrogens with zero attached hydrogens (tertiary/aromatic N) is 3. The summed E-state index contributed by atoms with van der Waals surface area (Å²) in [5.41, 5.74) is 4.49. The Morgan fingerprint density at radius 1 is 1.22 bits per heavy atom. The van der Waals surface area contributed by atoms with E-state index in [0.717, 1.165) is 36.6 Å². The van der Waals surface area contributed by atoms with Crippen molar-refractivity contribution in [3.8, 4) is 11.3 Å². The summed E-state index contributed by atoms with van der Waals surface area (Å²) in [4.78, 5) is 6.04. The lowest BCUT2D eigenvalue weighted by Crippen LogP contribution is -2.08. The van der Waals surface area contributed by atoms with Gasteiger partial charge in [0.1, 0.15) is 5.82 Å². The molecule has 3 aromatic rings. The Balaban J connectivity index is 1.46. The van der Waals surface area contributed by atoms with Crippen LogP contribution in [-0.2, 0) is 19.5 Å². The molecule has 0 bridgehead atoms. The van der Waals surface area contributed by atoms with E-state index in [-0.39, 0.29) is 0 Å². The number of aryl methyl sites for hydroxylation is 3. The molecule has 0 atom stereocenters. The molecule has 0 spiro atoms. The van der Waals surface area contributed by atoms with Gasteiger partial charge in [-0.3, -0.25) is 0 Å². The molecule has 3 heterocycles. The van der Waals surface area contributed by atoms with Crippen molar-refractivity contribution < 1.29 is 0 Å². The third kappa shape index (κ3) is 3.15. The summed E-state index contributed by atoms with van der Waals surface area (Å²) >= 11 is 1.56. The van der Waals surface area contributed by atoms with Crippen molar-refractivity contribution >= 4 is 17.2 Å². The molecule has 4 nitrogen and oxygen atoms in total. The molecule has 0 fully saturated rings. The molecule has 1 aliphatic rings. The monoisotopic (exact) mass is 324 g/mol. The van der Waals surface area contributed by atoms with E-state index in [1.54, 1.807) is 11.5 Å². The molecule has 0 radical (unpaired) electrons. The summed E-state index contributed by atoms with van der Waals surface area (Å²) in [6, 6.07) is 10.7. The van der Waals surface area contributed by atoms with Gasteiger partial charge in [0.2, 0.25) is 0 Å². The van der Waals surface area contributed by atoms with E-state index in [1.807, 2.05) is 6.92 Å². The Morgan fingerprint density at radius 3 is 2.83 bits per heavy atom. The van der Waals surface area contributed by atoms with E-state index in [1.165, 1.54) is 29.1 Å². The van der Waals surface area contributed by atoms with E-state index < -0.39 is 0 Å². The van der Waals surface area contributed by atoms with Crippen molar-refractivity contribution in [3.63, 3.8) is 0 Å². The quantitative estimate of drug-likeness (QED) is 0.779. The van der Waals surface area contributed by atoms with Gasteiger partial charge in [-0.1, -0.05) is 12.1 Å². The van der Waals surface area contributed by atoms with Crippen LogP contribution in [0.5, 0.6) is 0 Å². The largest absolute Gasteiger partial charge is 0.380 e. The highest BCUT2D eigenvalue weighted by Crippen LogP contribution is 2.24. The molecule has 1 aromatic carbocycles. The molecular weight excluding hydrogens is 304 g/mol. The van der Waals surface area contributed by atoms with Crippen molar-refractivity contribution in [2.45, 2.75) is 39.3 Å². The van der Waals surface area contributed by atoms with Gasteiger partial charge >= 0.3 is 0 Å². The van der Waals surface area contributed by atoms with Crippen LogP contribution in [0.2, 0.25) is 0 Å². The molecule has 1 N–H and O–H groups in total. The van der Waals surface area contributed by atoms with Crippen LogP contribution in [-0.4, -0.2) is 13.9 Å². The van der Waals surface area contributed by atoms with Crippen LogP contribution in [0.4, 0.5) is 5.69 Å². The fraction of sp³-hybridized carbons (Fsp3) is 0.333. The number of anilines is 1. The first kappa shape index (κ1) is 14.5. The Hall–Kier alpha value is -2.14. The number of rotatable bonds is 4. The fourth-order valence-electron chi connectivity index (χ4n) is 3.00. The number of fused-ring (bicyclic) bond motifs is 1. The molecule has 0 saturated carbocycles. The summed E-state index contributed by atoms with van der Waals surface area (Å²) < 4.78 is 6.61. The minimum absolute atomic E-state index is 0.823. The Bertz CT molecular complexity index is 777. The predicted molar refractivity (Wildman–Crippen MR) is 94.8 cm³/mol. The first-order valence-corrected chi connectivity index (χ1v) is 8.88. The number of nitrogens with one attached hydrogen (secondary N) is 1. The normalized spacial score (nSPS) is 13.8. The number of aromatic nitrogens is 3. The third-order valence-electron chi connectivity index (χ3n) is 4.23. The number of benzene rings is 1. The summed E-state index contributed by atoms with van der Waals surface area (Å²) in [6.07, 6.45) is 5.82. The van der Waals surface area contributed by atoms with Crippen molar-refractivity contribution in [2.24, 2.45) is 0 Å². The van der Waals surface area contributed by atoms with Crippen LogP contribution in [0, 0.1) is 6.92 Å². The lowest BCUT2D eigenvalue weighted by Gasteiger charge is -2.11. The molecule has 118 valence electrons. The molecule has 0 saturated heterocycles. The molecule has 2 aromatic heterocycles. The van der Waals surface area contributed by atoms with Gasteiger partial charge in [-0.2, -0.15) is 4.37 Å². The molecule has 0 aliphatic carbocycles. The van der Waals surface area contributed by atoms with Crippen LogP contribution >= 0.6 is 11.5 Å². The van der Waals surface area contributed by atoms with E-state index in [2.05, 4.69) is 50.8 Å². The van der Waals surface area contributed by atoms with Crippen molar-refractivity contribution in [2.75, 3.05) is 5.32 Å². The molecular formula is C18H20N4S. The topological polar surface area (TPSA) is 42.7 Å². The fourth-order valence-corrected chi connectivity index (χ4v) is 3.67. The first-order valence-electron chi connectivity index (χ1n) is 8.10. The molecule has 23 heavy (non-hydrogen) atoms. The predicted octanol–water partition coefficient (Wildman–Crippen LogP) is 4.26. The van der Waals surface area contributed by atoms with E-state index >= 15 is 0 Å².